The van der Waals surface area contributed by atoms with Crippen LogP contribution in [-0.4, -0.2) is 38.6 Å². The molecule has 1 atom stereocenters. The summed E-state index contributed by atoms with van der Waals surface area (Å²) < 4.78 is 4.90. The number of carbonyl (C=O) groups is 1. The van der Waals surface area contributed by atoms with Crippen LogP contribution >= 0.6 is 0 Å². The predicted octanol–water partition coefficient (Wildman–Crippen LogP) is 3.26. The second-order valence-corrected chi connectivity index (χ2v) is 11.9. The van der Waals surface area contributed by atoms with Gasteiger partial charge in [0.15, 0.2) is 0 Å². The first kappa shape index (κ1) is 15.3. The second kappa shape index (κ2) is 5.91. The van der Waals surface area contributed by atoms with Crippen LogP contribution in [-0.2, 0) is 9.53 Å². The lowest BCUT2D eigenvalue weighted by atomic mass is 10.1. The first-order chi connectivity index (χ1) is 8.30. The average Bonchev–Trinajstić information content (AvgIpc) is 2.55. The van der Waals surface area contributed by atoms with Gasteiger partial charge in [-0.15, -0.1) is 0 Å². The third-order valence-corrected chi connectivity index (χ3v) is 5.19. The molecule has 18 heavy (non-hydrogen) atoms. The van der Waals surface area contributed by atoms with Crippen molar-refractivity contribution in [3.8, 4) is 0 Å². The number of methoxy groups -OCH3 is 1. The minimum absolute atomic E-state index is 0.147. The van der Waals surface area contributed by atoms with Gasteiger partial charge < -0.3 is 9.64 Å². The van der Waals surface area contributed by atoms with Crippen molar-refractivity contribution in [3.63, 3.8) is 0 Å². The molecule has 0 saturated heterocycles. The highest BCUT2D eigenvalue weighted by molar-refractivity contribution is 6.76. The van der Waals surface area contributed by atoms with Crippen LogP contribution in [0.2, 0.25) is 25.7 Å². The van der Waals surface area contributed by atoms with Crippen molar-refractivity contribution in [2.24, 2.45) is 0 Å². The summed E-state index contributed by atoms with van der Waals surface area (Å²) in [6.07, 6.45) is 1.98. The minimum Gasteiger partial charge on any atom is -0.466 e. The molecule has 0 spiro atoms. The van der Waals surface area contributed by atoms with Gasteiger partial charge >= 0.3 is 5.97 Å². The highest BCUT2D eigenvalue weighted by atomic mass is 28.3. The Morgan fingerprint density at radius 2 is 2.06 bits per heavy atom. The molecule has 104 valence electrons. The Bertz CT molecular complexity index is 344. The Labute approximate surface area is 112 Å². The Balaban J connectivity index is 2.88. The maximum Gasteiger partial charge on any atom is 0.335 e. The van der Waals surface area contributed by atoms with Crippen molar-refractivity contribution in [3.05, 3.63) is 11.3 Å². The summed E-state index contributed by atoms with van der Waals surface area (Å²) in [6.45, 7) is 12.5. The van der Waals surface area contributed by atoms with Gasteiger partial charge in [0.05, 0.1) is 12.7 Å². The lowest BCUT2D eigenvalue weighted by Crippen LogP contribution is -2.36. The van der Waals surface area contributed by atoms with Crippen LogP contribution in [0.3, 0.4) is 0 Å². The van der Waals surface area contributed by atoms with Gasteiger partial charge in [-0.25, -0.2) is 4.79 Å². The van der Waals surface area contributed by atoms with E-state index in [1.165, 1.54) is 13.2 Å². The molecule has 3 nitrogen and oxygen atoms in total. The number of hydrogen-bond acceptors (Lipinski definition) is 3. The van der Waals surface area contributed by atoms with Gasteiger partial charge in [0, 0.05) is 32.8 Å². The normalized spacial score (nSPS) is 20.6. The van der Waals surface area contributed by atoms with Crippen molar-refractivity contribution < 1.29 is 9.53 Å². The Hall–Kier alpha value is -0.773. The van der Waals surface area contributed by atoms with Crippen LogP contribution < -0.4 is 0 Å². The number of ether oxygens (including phenoxy) is 1. The number of rotatable bonds is 5. The van der Waals surface area contributed by atoms with Crippen molar-refractivity contribution in [2.45, 2.75) is 58.4 Å². The summed E-state index contributed by atoms with van der Waals surface area (Å²) in [6, 6.07) is 1.75. The van der Waals surface area contributed by atoms with Gasteiger partial charge in [-0.3, -0.25) is 0 Å². The number of carbonyl (C=O) groups excluding carboxylic acids is 1. The molecular formula is C14H27NO2Si. The molecule has 0 amide bonds. The maximum absolute atomic E-state index is 11.8. The van der Waals surface area contributed by atoms with Crippen molar-refractivity contribution in [1.82, 2.24) is 4.90 Å². The largest absolute Gasteiger partial charge is 0.466 e. The average molecular weight is 269 g/mol. The molecule has 0 aromatic rings. The van der Waals surface area contributed by atoms with E-state index in [1.54, 1.807) is 0 Å². The van der Waals surface area contributed by atoms with Crippen LogP contribution in [0.25, 0.3) is 0 Å². The molecule has 1 unspecified atom stereocenters. The molecule has 0 fully saturated rings. The quantitative estimate of drug-likeness (QED) is 0.567. The lowest BCUT2D eigenvalue weighted by molar-refractivity contribution is -0.136. The summed E-state index contributed by atoms with van der Waals surface area (Å²) in [5.41, 5.74) is 2.01. The number of hydrogen-bond donors (Lipinski definition) is 0. The highest BCUT2D eigenvalue weighted by Gasteiger charge is 2.35. The molecule has 0 aliphatic carbocycles. The molecule has 0 aromatic heterocycles. The molecule has 0 radical (unpaired) electrons. The van der Waals surface area contributed by atoms with E-state index in [2.05, 4.69) is 38.4 Å². The van der Waals surface area contributed by atoms with Crippen molar-refractivity contribution in [1.29, 1.82) is 0 Å². The maximum atomic E-state index is 11.8. The number of nitrogens with zero attached hydrogens (tertiary/aromatic N) is 1. The van der Waals surface area contributed by atoms with Gasteiger partial charge in [0.25, 0.3) is 0 Å². The molecule has 4 heteroatoms. The lowest BCUT2D eigenvalue weighted by Gasteiger charge is -2.32. The summed E-state index contributed by atoms with van der Waals surface area (Å²) in [4.78, 5) is 14.2. The summed E-state index contributed by atoms with van der Waals surface area (Å²) >= 11 is 0. The Morgan fingerprint density at radius 1 is 1.44 bits per heavy atom. The van der Waals surface area contributed by atoms with E-state index < -0.39 is 8.07 Å². The zero-order chi connectivity index (χ0) is 13.9. The highest BCUT2D eigenvalue weighted by Crippen LogP contribution is 2.33. The standard InChI is InChI=1S/C14H27NO2Si/c1-7-8-15-11(2)13(14(16)17-3)9-12(15)10-18(4,5)6/h12H,7-10H2,1-6H3. The third kappa shape index (κ3) is 3.61. The smallest absolute Gasteiger partial charge is 0.335 e. The van der Waals surface area contributed by atoms with Crippen LogP contribution in [0.4, 0.5) is 0 Å². The molecule has 1 heterocycles. The zero-order valence-corrected chi connectivity index (χ0v) is 13.7. The fourth-order valence-corrected chi connectivity index (χ4v) is 4.55. The molecule has 0 saturated carbocycles. The zero-order valence-electron chi connectivity index (χ0n) is 12.7. The van der Waals surface area contributed by atoms with Gasteiger partial charge in [-0.05, 0) is 19.4 Å². The van der Waals surface area contributed by atoms with E-state index in [9.17, 15) is 4.79 Å². The van der Waals surface area contributed by atoms with Gasteiger partial charge in [-0.2, -0.15) is 0 Å². The van der Waals surface area contributed by atoms with Gasteiger partial charge in [0.2, 0.25) is 0 Å². The van der Waals surface area contributed by atoms with Crippen LogP contribution in [0.15, 0.2) is 11.3 Å². The molecule has 0 bridgehead atoms. The SMILES string of the molecule is CCCN1C(C)=C(C(=O)OC)CC1C[Si](C)(C)C. The number of allylic oxidation sites excluding steroid dienone is 1. The molecule has 1 aliphatic rings. The summed E-state index contributed by atoms with van der Waals surface area (Å²) in [5.74, 6) is -0.147. The molecule has 1 rings (SSSR count). The van der Waals surface area contributed by atoms with E-state index in [-0.39, 0.29) is 5.97 Å². The van der Waals surface area contributed by atoms with E-state index >= 15 is 0 Å². The first-order valence-corrected chi connectivity index (χ1v) is 10.6. The van der Waals surface area contributed by atoms with Crippen LogP contribution in [0.1, 0.15) is 26.7 Å². The molecule has 0 N–H and O–H groups in total. The molecule has 0 aromatic carbocycles. The van der Waals surface area contributed by atoms with E-state index in [4.69, 9.17) is 4.74 Å². The number of esters is 1. The first-order valence-electron chi connectivity index (χ1n) is 6.85. The van der Waals surface area contributed by atoms with E-state index in [0.29, 0.717) is 6.04 Å². The van der Waals surface area contributed by atoms with Gasteiger partial charge in [0.1, 0.15) is 0 Å². The van der Waals surface area contributed by atoms with Crippen LogP contribution in [0.5, 0.6) is 0 Å². The fraction of sp³-hybridized carbons (Fsp3) is 0.786. The molecular weight excluding hydrogens is 242 g/mol. The summed E-state index contributed by atoms with van der Waals surface area (Å²) in [5, 5.41) is 0. The van der Waals surface area contributed by atoms with Crippen molar-refractivity contribution in [2.75, 3.05) is 13.7 Å². The monoisotopic (exact) mass is 269 g/mol. The second-order valence-electron chi connectivity index (χ2n) is 6.37. The van der Waals surface area contributed by atoms with Crippen molar-refractivity contribution >= 4 is 14.0 Å². The minimum atomic E-state index is -1.12. The Morgan fingerprint density at radius 3 is 2.50 bits per heavy atom. The van der Waals surface area contributed by atoms with E-state index in [0.717, 1.165) is 30.7 Å². The Kier molecular flexibility index (Phi) is 5.02. The molecule has 1 aliphatic heterocycles. The van der Waals surface area contributed by atoms with E-state index in [1.807, 2.05) is 0 Å². The topological polar surface area (TPSA) is 29.5 Å². The predicted molar refractivity (Wildman–Crippen MR) is 78.3 cm³/mol. The van der Waals surface area contributed by atoms with Gasteiger partial charge in [-0.1, -0.05) is 26.6 Å². The third-order valence-electron chi connectivity index (χ3n) is 3.49. The van der Waals surface area contributed by atoms with Crippen LogP contribution in [0, 0.1) is 0 Å². The fourth-order valence-electron chi connectivity index (χ4n) is 2.78. The summed E-state index contributed by atoms with van der Waals surface area (Å²) in [7, 11) is 0.353.